The summed E-state index contributed by atoms with van der Waals surface area (Å²) in [6.07, 6.45) is -0.589. The molecule has 1 aliphatic heterocycles. The molecule has 0 radical (unpaired) electrons. The molecule has 0 bridgehead atoms. The Bertz CT molecular complexity index is 1970. The monoisotopic (exact) mass is 718 g/mol. The average Bonchev–Trinajstić information content (AvgIpc) is 3.62. The largest absolute Gasteiger partial charge is 0.534 e. The second-order valence-electron chi connectivity index (χ2n) is 11.9. The van der Waals surface area contributed by atoms with E-state index in [1.807, 2.05) is 0 Å². The molecule has 0 N–H and O–H groups in total. The van der Waals surface area contributed by atoms with Crippen molar-refractivity contribution in [2.24, 2.45) is 0 Å². The summed E-state index contributed by atoms with van der Waals surface area (Å²) in [5, 5.41) is 5.85. The first-order valence-corrected chi connectivity index (χ1v) is 16.7. The van der Waals surface area contributed by atoms with Crippen molar-refractivity contribution in [1.29, 1.82) is 0 Å². The van der Waals surface area contributed by atoms with Gasteiger partial charge in [-0.1, -0.05) is 0 Å². The Kier molecular flexibility index (Phi) is 9.39. The van der Waals surface area contributed by atoms with Crippen LogP contribution in [-0.4, -0.2) is 71.7 Å². The highest BCUT2D eigenvalue weighted by Crippen LogP contribution is 2.48. The lowest BCUT2D eigenvalue weighted by Gasteiger charge is -2.39. The number of benzene rings is 1. The number of pyridine rings is 1. The van der Waals surface area contributed by atoms with E-state index in [1.165, 1.54) is 29.5 Å². The van der Waals surface area contributed by atoms with Gasteiger partial charge in [-0.3, -0.25) is 9.58 Å². The number of alkyl halides is 3. The van der Waals surface area contributed by atoms with E-state index >= 15 is 4.39 Å². The highest BCUT2D eigenvalue weighted by molar-refractivity contribution is 7.88. The Hall–Kier alpha value is -4.03. The number of halogens is 5. The molecule has 2 atom stereocenters. The summed E-state index contributed by atoms with van der Waals surface area (Å²) >= 11 is 0.920. The molecule has 3 aromatic heterocycles. The summed E-state index contributed by atoms with van der Waals surface area (Å²) in [5.41, 5.74) is -6.80. The molecule has 4 aromatic rings. The number of ether oxygens (including phenoxy) is 3. The van der Waals surface area contributed by atoms with Gasteiger partial charge in [0.25, 0.3) is 0 Å². The minimum Gasteiger partial charge on any atom is -0.490 e. The lowest BCUT2D eigenvalue weighted by molar-refractivity contribution is -0.0500. The van der Waals surface area contributed by atoms with E-state index in [1.54, 1.807) is 39.3 Å². The maximum Gasteiger partial charge on any atom is 0.534 e. The van der Waals surface area contributed by atoms with Crippen LogP contribution >= 0.6 is 11.3 Å². The van der Waals surface area contributed by atoms with Gasteiger partial charge in [0, 0.05) is 24.8 Å². The molecule has 0 fully saturated rings. The topological polar surface area (TPSA) is 122 Å². The van der Waals surface area contributed by atoms with E-state index in [2.05, 4.69) is 14.3 Å². The predicted octanol–water partition coefficient (Wildman–Crippen LogP) is 7.06. The van der Waals surface area contributed by atoms with Gasteiger partial charge in [-0.2, -0.15) is 26.7 Å². The molecule has 48 heavy (non-hydrogen) atoms. The van der Waals surface area contributed by atoms with Crippen LogP contribution in [0.25, 0.3) is 32.6 Å². The van der Waals surface area contributed by atoms with E-state index in [0.717, 1.165) is 17.4 Å². The van der Waals surface area contributed by atoms with Crippen LogP contribution in [0.3, 0.4) is 0 Å². The van der Waals surface area contributed by atoms with Gasteiger partial charge in [-0.25, -0.2) is 18.6 Å². The van der Waals surface area contributed by atoms with Crippen molar-refractivity contribution in [2.45, 2.75) is 64.4 Å². The van der Waals surface area contributed by atoms with Crippen LogP contribution in [0.4, 0.5) is 26.7 Å². The van der Waals surface area contributed by atoms with Crippen LogP contribution in [0.5, 0.6) is 11.6 Å². The fraction of sp³-hybridized carbons (Fsp3) is 0.433. The van der Waals surface area contributed by atoms with E-state index in [4.69, 9.17) is 14.2 Å². The van der Waals surface area contributed by atoms with Gasteiger partial charge < -0.3 is 18.4 Å². The Balaban J connectivity index is 1.76. The van der Waals surface area contributed by atoms with Crippen LogP contribution in [0.15, 0.2) is 29.6 Å². The third-order valence-corrected chi connectivity index (χ3v) is 9.33. The molecule has 1 aliphatic rings. The van der Waals surface area contributed by atoms with Gasteiger partial charge >= 0.3 is 21.7 Å². The number of hydrogen-bond acceptors (Lipinski definition) is 10. The highest BCUT2D eigenvalue weighted by Gasteiger charge is 2.49. The van der Waals surface area contributed by atoms with Gasteiger partial charge in [-0.15, -0.1) is 11.3 Å². The lowest BCUT2D eigenvalue weighted by Crippen LogP contribution is -2.48. The summed E-state index contributed by atoms with van der Waals surface area (Å²) in [7, 11) is -4.79. The number of amides is 1. The minimum atomic E-state index is -6.19. The van der Waals surface area contributed by atoms with Gasteiger partial charge in [0.2, 0.25) is 5.88 Å². The number of carbonyl (C=O) groups is 1. The van der Waals surface area contributed by atoms with Crippen molar-refractivity contribution < 1.29 is 53.6 Å². The van der Waals surface area contributed by atoms with Crippen LogP contribution in [-0.2, 0) is 26.1 Å². The lowest BCUT2D eigenvalue weighted by atomic mass is 9.98. The van der Waals surface area contributed by atoms with Crippen molar-refractivity contribution in [2.75, 3.05) is 20.3 Å². The number of nitrogens with zero attached hydrogens (tertiary/aromatic N) is 4. The first-order chi connectivity index (χ1) is 22.3. The maximum absolute atomic E-state index is 15.8. The number of hydrogen-bond donors (Lipinski definition) is 0. The second-order valence-corrected chi connectivity index (χ2v) is 14.4. The molecule has 0 aliphatic carbocycles. The van der Waals surface area contributed by atoms with Crippen LogP contribution < -0.4 is 8.92 Å². The highest BCUT2D eigenvalue weighted by atomic mass is 32.2. The van der Waals surface area contributed by atoms with E-state index in [0.29, 0.717) is 11.8 Å². The first-order valence-electron chi connectivity index (χ1n) is 14.4. The molecule has 1 aromatic carbocycles. The fourth-order valence-electron chi connectivity index (χ4n) is 5.12. The van der Waals surface area contributed by atoms with Gasteiger partial charge in [0.1, 0.15) is 41.0 Å². The summed E-state index contributed by atoms with van der Waals surface area (Å²) < 4.78 is 117. The zero-order valence-electron chi connectivity index (χ0n) is 26.5. The molecule has 0 saturated heterocycles. The Morgan fingerprint density at radius 1 is 1.06 bits per heavy atom. The molecule has 260 valence electrons. The van der Waals surface area contributed by atoms with Gasteiger partial charge in [0.15, 0.2) is 0 Å². The number of thiophene rings is 1. The summed E-state index contributed by atoms with van der Waals surface area (Å²) in [6.45, 7) is 8.67. The van der Waals surface area contributed by atoms with Crippen LogP contribution in [0.1, 0.15) is 46.4 Å². The zero-order valence-corrected chi connectivity index (χ0v) is 28.1. The third kappa shape index (κ3) is 6.78. The second kappa shape index (κ2) is 12.8. The molecular formula is C30H31F5N4O7S2. The van der Waals surface area contributed by atoms with Gasteiger partial charge in [-0.05, 0) is 52.1 Å². The van der Waals surface area contributed by atoms with Crippen molar-refractivity contribution in [3.63, 3.8) is 0 Å². The fourth-order valence-corrected chi connectivity index (χ4v) is 6.49. The molecular weight excluding hydrogens is 687 g/mol. The first kappa shape index (κ1) is 35.3. The zero-order chi connectivity index (χ0) is 35.3. The summed E-state index contributed by atoms with van der Waals surface area (Å²) in [6, 6.07) is 3.38. The number of aromatic nitrogens is 3. The number of fused-ring (bicyclic) bond motifs is 2. The molecule has 4 heterocycles. The SMILES string of the molecule is COCCOc1cc(F)cc(F)c1-c1c(-c2cc3n(n2)[C@H](C)[C@@H](C)N(C(=O)OC(C)(C)C)C3)nc(OS(=O)(=O)C(F)(F)F)c2ccsc12. The molecule has 0 unspecified atom stereocenters. The number of methoxy groups -OCH3 is 1. The Labute approximate surface area is 276 Å². The smallest absolute Gasteiger partial charge is 0.490 e. The molecule has 11 nitrogen and oxygen atoms in total. The van der Waals surface area contributed by atoms with E-state index < -0.39 is 56.9 Å². The summed E-state index contributed by atoms with van der Waals surface area (Å²) in [4.78, 5) is 18.8. The van der Waals surface area contributed by atoms with Crippen molar-refractivity contribution >= 4 is 37.6 Å². The Morgan fingerprint density at radius 2 is 1.77 bits per heavy atom. The van der Waals surface area contributed by atoms with E-state index in [-0.39, 0.29) is 58.1 Å². The molecule has 18 heteroatoms. The Morgan fingerprint density at radius 3 is 2.42 bits per heavy atom. The van der Waals surface area contributed by atoms with Crippen molar-refractivity contribution in [3.05, 3.63) is 47.0 Å². The molecule has 5 rings (SSSR count). The normalized spacial score (nSPS) is 17.0. The van der Waals surface area contributed by atoms with E-state index in [9.17, 15) is 30.8 Å². The standard InChI is InChI=1S/C30H31F5N4O7S2/c1-15-16(2)39-18(14-38(15)28(40)45-29(3,4)5)13-21(37-39)25-24(23-20(32)11-17(31)12-22(23)44-9-8-43-6)26-19(7-10-47-26)27(36-25)46-48(41,42)30(33,34)35/h7,10-13,15-16H,8-9,14H2,1-6H3/t15-,16-/m1/s1. The summed E-state index contributed by atoms with van der Waals surface area (Å²) in [5.74, 6) is -3.28. The predicted molar refractivity (Wildman–Crippen MR) is 165 cm³/mol. The number of carbonyl (C=O) groups excluding carboxylic acids is 1. The molecule has 1 amide bonds. The van der Waals surface area contributed by atoms with Crippen molar-refractivity contribution in [1.82, 2.24) is 19.7 Å². The van der Waals surface area contributed by atoms with Crippen LogP contribution in [0.2, 0.25) is 0 Å². The van der Waals surface area contributed by atoms with Crippen molar-refractivity contribution in [3.8, 4) is 34.1 Å². The van der Waals surface area contributed by atoms with Crippen LogP contribution in [0, 0.1) is 11.6 Å². The molecule has 0 spiro atoms. The molecule has 0 saturated carbocycles. The minimum absolute atomic E-state index is 0.00605. The van der Waals surface area contributed by atoms with Gasteiger partial charge in [0.05, 0.1) is 46.6 Å². The quantitative estimate of drug-likeness (QED) is 0.0816. The third-order valence-electron chi connectivity index (χ3n) is 7.45. The average molecular weight is 719 g/mol. The maximum atomic E-state index is 15.8. The number of rotatable bonds is 8.